The molecule has 0 saturated carbocycles. The minimum atomic E-state index is -3.75. The zero-order chi connectivity index (χ0) is 30.4. The van der Waals surface area contributed by atoms with E-state index in [4.69, 9.17) is 9.73 Å². The standard InChI is InChI=1S/C31H34N4O6S/c1-5-34(6-2)27(36)20-35(42(4,39)40)24-16-14-23(15-17-24)32-29(21-11-9-8-10-12-21)28-25-18-13-22(31(38)41-7-3)19-26(25)33-30(28)37/h8-19,28H,5-7,20H2,1-4H3,(H,33,37). The second-order valence-corrected chi connectivity index (χ2v) is 11.6. The van der Waals surface area contributed by atoms with Gasteiger partial charge in [0.1, 0.15) is 12.5 Å². The topological polar surface area (TPSA) is 125 Å². The predicted molar refractivity (Wildman–Crippen MR) is 163 cm³/mol. The van der Waals surface area contributed by atoms with Crippen LogP contribution in [0, 0.1) is 0 Å². The molecule has 2 amide bonds. The summed E-state index contributed by atoms with van der Waals surface area (Å²) < 4.78 is 31.4. The van der Waals surface area contributed by atoms with Crippen LogP contribution in [0.2, 0.25) is 0 Å². The van der Waals surface area contributed by atoms with E-state index in [-0.39, 0.29) is 25.0 Å². The summed E-state index contributed by atoms with van der Waals surface area (Å²) >= 11 is 0. The number of esters is 1. The highest BCUT2D eigenvalue weighted by atomic mass is 32.2. The molecule has 0 aromatic heterocycles. The van der Waals surface area contributed by atoms with Gasteiger partial charge in [-0.1, -0.05) is 36.4 Å². The molecule has 11 heteroatoms. The van der Waals surface area contributed by atoms with Crippen molar-refractivity contribution in [1.29, 1.82) is 0 Å². The van der Waals surface area contributed by atoms with Gasteiger partial charge in [-0.3, -0.25) is 18.9 Å². The summed E-state index contributed by atoms with van der Waals surface area (Å²) in [6.07, 6.45) is 1.06. The monoisotopic (exact) mass is 590 g/mol. The van der Waals surface area contributed by atoms with Crippen molar-refractivity contribution in [2.45, 2.75) is 26.7 Å². The van der Waals surface area contributed by atoms with Crippen molar-refractivity contribution in [2.24, 2.45) is 4.99 Å². The number of likely N-dealkylation sites (N-methyl/N-ethyl adjacent to an activating group) is 1. The molecular formula is C31H34N4O6S. The Bertz CT molecular complexity index is 1600. The number of nitrogens with one attached hydrogen (secondary N) is 1. The molecule has 1 heterocycles. The second kappa shape index (κ2) is 13.0. The molecule has 0 spiro atoms. The number of ether oxygens (including phenoxy) is 1. The number of amides is 2. The highest BCUT2D eigenvalue weighted by molar-refractivity contribution is 7.92. The largest absolute Gasteiger partial charge is 0.462 e. The summed E-state index contributed by atoms with van der Waals surface area (Å²) in [6.45, 7) is 6.28. The minimum absolute atomic E-state index is 0.239. The zero-order valence-electron chi connectivity index (χ0n) is 24.0. The van der Waals surface area contributed by atoms with Crippen LogP contribution in [0.5, 0.6) is 0 Å². The zero-order valence-corrected chi connectivity index (χ0v) is 24.8. The number of rotatable bonds is 11. The third-order valence-corrected chi connectivity index (χ3v) is 8.06. The third-order valence-electron chi connectivity index (χ3n) is 6.92. The summed E-state index contributed by atoms with van der Waals surface area (Å²) in [7, 11) is -3.75. The van der Waals surface area contributed by atoms with Crippen LogP contribution in [0.25, 0.3) is 0 Å². The smallest absolute Gasteiger partial charge is 0.338 e. The lowest BCUT2D eigenvalue weighted by Gasteiger charge is -2.26. The molecule has 1 unspecified atom stereocenters. The molecule has 1 atom stereocenters. The van der Waals surface area contributed by atoms with Gasteiger partial charge in [0, 0.05) is 18.8 Å². The van der Waals surface area contributed by atoms with Gasteiger partial charge in [-0.25, -0.2) is 13.2 Å². The number of carbonyl (C=O) groups excluding carboxylic acids is 3. The van der Waals surface area contributed by atoms with Crippen LogP contribution in [0.3, 0.4) is 0 Å². The molecule has 42 heavy (non-hydrogen) atoms. The molecule has 3 aromatic carbocycles. The van der Waals surface area contributed by atoms with Gasteiger partial charge in [0.25, 0.3) is 0 Å². The van der Waals surface area contributed by atoms with Gasteiger partial charge in [0.05, 0.1) is 35.5 Å². The fourth-order valence-corrected chi connectivity index (χ4v) is 5.66. The van der Waals surface area contributed by atoms with Crippen LogP contribution in [-0.2, 0) is 24.3 Å². The van der Waals surface area contributed by atoms with Gasteiger partial charge >= 0.3 is 5.97 Å². The lowest BCUT2D eigenvalue weighted by molar-refractivity contribution is -0.129. The summed E-state index contributed by atoms with van der Waals surface area (Å²) in [4.78, 5) is 44.7. The Balaban J connectivity index is 1.71. The van der Waals surface area contributed by atoms with E-state index in [0.717, 1.165) is 16.1 Å². The van der Waals surface area contributed by atoms with Crippen LogP contribution in [0.4, 0.5) is 17.1 Å². The molecule has 4 rings (SSSR count). The Morgan fingerprint density at radius 2 is 1.60 bits per heavy atom. The van der Waals surface area contributed by atoms with E-state index in [1.807, 2.05) is 44.2 Å². The Morgan fingerprint density at radius 3 is 2.19 bits per heavy atom. The van der Waals surface area contributed by atoms with Crippen molar-refractivity contribution >= 4 is 50.6 Å². The van der Waals surface area contributed by atoms with Crippen LogP contribution in [0.15, 0.2) is 77.8 Å². The lowest BCUT2D eigenvalue weighted by atomic mass is 9.90. The number of benzene rings is 3. The molecule has 3 aromatic rings. The van der Waals surface area contributed by atoms with E-state index in [9.17, 15) is 22.8 Å². The van der Waals surface area contributed by atoms with Crippen molar-refractivity contribution in [3.05, 3.63) is 89.5 Å². The van der Waals surface area contributed by atoms with Crippen molar-refractivity contribution < 1.29 is 27.5 Å². The number of aliphatic imine (C=N–C) groups is 1. The average Bonchev–Trinajstić information content (AvgIpc) is 3.30. The maximum atomic E-state index is 13.3. The van der Waals surface area contributed by atoms with E-state index >= 15 is 0 Å². The first kappa shape index (κ1) is 30.4. The highest BCUT2D eigenvalue weighted by Crippen LogP contribution is 2.37. The molecule has 220 valence electrons. The number of anilines is 2. The number of hydrogen-bond donors (Lipinski definition) is 1. The minimum Gasteiger partial charge on any atom is -0.462 e. The highest BCUT2D eigenvalue weighted by Gasteiger charge is 2.36. The fraction of sp³-hybridized carbons (Fsp3) is 0.290. The van der Waals surface area contributed by atoms with Crippen LogP contribution in [-0.4, -0.2) is 69.3 Å². The Hall–Kier alpha value is -4.51. The summed E-state index contributed by atoms with van der Waals surface area (Å²) in [5, 5.41) is 2.86. The number of carbonyl (C=O) groups is 3. The van der Waals surface area contributed by atoms with Gasteiger partial charge in [-0.15, -0.1) is 0 Å². The number of sulfonamides is 1. The lowest BCUT2D eigenvalue weighted by Crippen LogP contribution is -2.42. The van der Waals surface area contributed by atoms with Gasteiger partial charge in [0.2, 0.25) is 21.8 Å². The first-order chi connectivity index (χ1) is 20.1. The Labute approximate surface area is 246 Å². The van der Waals surface area contributed by atoms with Crippen molar-refractivity contribution in [3.8, 4) is 0 Å². The van der Waals surface area contributed by atoms with Crippen LogP contribution >= 0.6 is 0 Å². The predicted octanol–water partition coefficient (Wildman–Crippen LogP) is 4.35. The molecule has 10 nitrogen and oxygen atoms in total. The molecule has 1 aliphatic heterocycles. The molecule has 0 saturated heterocycles. The summed E-state index contributed by atoms with van der Waals surface area (Å²) in [6, 6.07) is 20.7. The molecular weight excluding hydrogens is 556 g/mol. The first-order valence-electron chi connectivity index (χ1n) is 13.7. The molecule has 1 N–H and O–H groups in total. The summed E-state index contributed by atoms with van der Waals surface area (Å²) in [5.74, 6) is -1.81. The number of nitrogens with zero attached hydrogens (tertiary/aromatic N) is 3. The third kappa shape index (κ3) is 6.68. The van der Waals surface area contributed by atoms with Gasteiger partial charge in [0.15, 0.2) is 0 Å². The van der Waals surface area contributed by atoms with Crippen molar-refractivity contribution in [1.82, 2.24) is 4.90 Å². The molecule has 0 aliphatic carbocycles. The van der Waals surface area contributed by atoms with E-state index < -0.39 is 21.9 Å². The van der Waals surface area contributed by atoms with E-state index in [2.05, 4.69) is 5.32 Å². The SMILES string of the molecule is CCOC(=O)c1ccc2c(c1)NC(=O)C2C(=Nc1ccc(N(CC(=O)N(CC)CC)S(C)(=O)=O)cc1)c1ccccc1. The molecule has 0 radical (unpaired) electrons. The summed E-state index contributed by atoms with van der Waals surface area (Å²) in [5.41, 5.74) is 3.55. The average molecular weight is 591 g/mol. The van der Waals surface area contributed by atoms with Gasteiger partial charge in [-0.05, 0) is 68.3 Å². The molecule has 0 bridgehead atoms. The Morgan fingerprint density at radius 1 is 0.929 bits per heavy atom. The maximum Gasteiger partial charge on any atom is 0.338 e. The van der Waals surface area contributed by atoms with Crippen molar-refractivity contribution in [2.75, 3.05) is 42.1 Å². The number of hydrogen-bond acceptors (Lipinski definition) is 7. The molecule has 0 fully saturated rings. The quantitative estimate of drug-likeness (QED) is 0.261. The maximum absolute atomic E-state index is 13.3. The Kier molecular flexibility index (Phi) is 9.41. The van der Waals surface area contributed by atoms with Crippen molar-refractivity contribution in [3.63, 3.8) is 0 Å². The van der Waals surface area contributed by atoms with Gasteiger partial charge in [-0.2, -0.15) is 0 Å². The molecule has 1 aliphatic rings. The van der Waals surface area contributed by atoms with Gasteiger partial charge < -0.3 is 15.0 Å². The van der Waals surface area contributed by atoms with E-state index in [1.165, 1.54) is 0 Å². The van der Waals surface area contributed by atoms with E-state index in [0.29, 0.717) is 47.0 Å². The second-order valence-electron chi connectivity index (χ2n) is 9.66. The van der Waals surface area contributed by atoms with E-state index in [1.54, 1.807) is 54.3 Å². The van der Waals surface area contributed by atoms with Crippen LogP contribution in [0.1, 0.15) is 48.2 Å². The normalized spacial score (nSPS) is 14.6. The first-order valence-corrected chi connectivity index (χ1v) is 15.5. The number of fused-ring (bicyclic) bond motifs is 1. The van der Waals surface area contributed by atoms with Crippen LogP contribution < -0.4 is 9.62 Å². The fourth-order valence-electron chi connectivity index (χ4n) is 4.81.